The van der Waals surface area contributed by atoms with Crippen LogP contribution in [-0.2, 0) is 0 Å². The maximum atomic E-state index is 13.7. The molecule has 3 N–H and O–H groups in total. The van der Waals surface area contributed by atoms with Crippen molar-refractivity contribution in [3.05, 3.63) is 58.3 Å². The van der Waals surface area contributed by atoms with Crippen molar-refractivity contribution in [2.75, 3.05) is 17.7 Å². The Balaban J connectivity index is 1.90. The standard InChI is InChI=1S/C18H13Cl2FN2O3/c1-26-16-5-2-9(6-15(16)21)22-18(25)23-17-12-7-10(24)3-4-11(12)13(19)8-14(17)20/h2-8,24H,1H3,(H2,22,23,25). The first-order valence-electron chi connectivity index (χ1n) is 7.41. The van der Waals surface area contributed by atoms with Gasteiger partial charge in [-0.05, 0) is 36.4 Å². The van der Waals surface area contributed by atoms with E-state index in [1.165, 1.54) is 37.4 Å². The van der Waals surface area contributed by atoms with Gasteiger partial charge in [0.05, 0.1) is 22.8 Å². The molecule has 3 rings (SSSR count). The molecule has 0 saturated carbocycles. The lowest BCUT2D eigenvalue weighted by Crippen LogP contribution is -2.20. The topological polar surface area (TPSA) is 70.6 Å². The summed E-state index contributed by atoms with van der Waals surface area (Å²) in [7, 11) is 1.35. The summed E-state index contributed by atoms with van der Waals surface area (Å²) in [6.07, 6.45) is 0. The van der Waals surface area contributed by atoms with E-state index in [4.69, 9.17) is 27.9 Å². The molecular formula is C18H13Cl2FN2O3. The Morgan fingerprint density at radius 3 is 2.50 bits per heavy atom. The van der Waals surface area contributed by atoms with Gasteiger partial charge >= 0.3 is 6.03 Å². The summed E-state index contributed by atoms with van der Waals surface area (Å²) in [5, 5.41) is 16.5. The number of aromatic hydroxyl groups is 1. The summed E-state index contributed by atoms with van der Waals surface area (Å²) >= 11 is 12.3. The third-order valence-corrected chi connectivity index (χ3v) is 4.28. The molecular weight excluding hydrogens is 382 g/mol. The van der Waals surface area contributed by atoms with Gasteiger partial charge in [-0.1, -0.05) is 23.2 Å². The van der Waals surface area contributed by atoms with Gasteiger partial charge < -0.3 is 20.5 Å². The first-order valence-corrected chi connectivity index (χ1v) is 8.17. The van der Waals surface area contributed by atoms with Crippen LogP contribution in [0.1, 0.15) is 0 Å². The molecule has 0 unspecified atom stereocenters. The summed E-state index contributed by atoms with van der Waals surface area (Å²) < 4.78 is 18.6. The molecule has 0 spiro atoms. The van der Waals surface area contributed by atoms with E-state index < -0.39 is 11.8 Å². The number of hydrogen-bond acceptors (Lipinski definition) is 3. The predicted octanol–water partition coefficient (Wildman–Crippen LogP) is 5.64. The number of halogens is 3. The first-order chi connectivity index (χ1) is 12.4. The van der Waals surface area contributed by atoms with E-state index in [-0.39, 0.29) is 27.9 Å². The Hall–Kier alpha value is -2.70. The van der Waals surface area contributed by atoms with Crippen LogP contribution in [0.4, 0.5) is 20.6 Å². The van der Waals surface area contributed by atoms with E-state index in [1.807, 2.05) is 0 Å². The number of carbonyl (C=O) groups excluding carboxylic acids is 1. The quantitative estimate of drug-likeness (QED) is 0.537. The minimum Gasteiger partial charge on any atom is -0.508 e. The fourth-order valence-corrected chi connectivity index (χ4v) is 3.07. The minimum absolute atomic E-state index is 0.00323. The highest BCUT2D eigenvalue weighted by atomic mass is 35.5. The van der Waals surface area contributed by atoms with Crippen molar-refractivity contribution in [2.24, 2.45) is 0 Å². The zero-order valence-electron chi connectivity index (χ0n) is 13.4. The second kappa shape index (κ2) is 7.27. The highest BCUT2D eigenvalue weighted by Gasteiger charge is 2.14. The van der Waals surface area contributed by atoms with Crippen molar-refractivity contribution in [3.63, 3.8) is 0 Å². The summed E-state index contributed by atoms with van der Waals surface area (Å²) in [6, 6.07) is 9.41. The van der Waals surface area contributed by atoms with Gasteiger partial charge in [0.25, 0.3) is 0 Å². The number of fused-ring (bicyclic) bond motifs is 1. The molecule has 0 fully saturated rings. The Bertz CT molecular complexity index is 1010. The highest BCUT2D eigenvalue weighted by molar-refractivity contribution is 6.41. The van der Waals surface area contributed by atoms with Crippen LogP contribution >= 0.6 is 23.2 Å². The number of ether oxygens (including phenoxy) is 1. The van der Waals surface area contributed by atoms with Crippen LogP contribution in [0.3, 0.4) is 0 Å². The van der Waals surface area contributed by atoms with E-state index in [2.05, 4.69) is 10.6 Å². The number of anilines is 2. The molecule has 0 aliphatic carbocycles. The zero-order chi connectivity index (χ0) is 18.8. The fourth-order valence-electron chi connectivity index (χ4n) is 2.48. The van der Waals surface area contributed by atoms with Gasteiger partial charge in [-0.3, -0.25) is 0 Å². The van der Waals surface area contributed by atoms with Gasteiger partial charge in [0.1, 0.15) is 5.75 Å². The van der Waals surface area contributed by atoms with Crippen LogP contribution in [0.25, 0.3) is 10.8 Å². The maximum absolute atomic E-state index is 13.7. The van der Waals surface area contributed by atoms with Crippen LogP contribution in [0.15, 0.2) is 42.5 Å². The second-order valence-electron chi connectivity index (χ2n) is 5.37. The highest BCUT2D eigenvalue weighted by Crippen LogP contribution is 2.38. The van der Waals surface area contributed by atoms with Gasteiger partial charge in [0.2, 0.25) is 0 Å². The van der Waals surface area contributed by atoms with Crippen LogP contribution in [-0.4, -0.2) is 18.2 Å². The third kappa shape index (κ3) is 3.61. The second-order valence-corrected chi connectivity index (χ2v) is 6.19. The van der Waals surface area contributed by atoms with Crippen molar-refractivity contribution >= 4 is 51.4 Å². The predicted molar refractivity (Wildman–Crippen MR) is 101 cm³/mol. The number of methoxy groups -OCH3 is 1. The molecule has 0 radical (unpaired) electrons. The lowest BCUT2D eigenvalue weighted by atomic mass is 10.1. The summed E-state index contributed by atoms with van der Waals surface area (Å²) in [5.74, 6) is -0.542. The summed E-state index contributed by atoms with van der Waals surface area (Å²) in [4.78, 5) is 12.3. The number of rotatable bonds is 3. The Labute approximate surface area is 158 Å². The van der Waals surface area contributed by atoms with Crippen LogP contribution in [0.5, 0.6) is 11.5 Å². The molecule has 0 heterocycles. The molecule has 0 atom stereocenters. The number of phenols is 1. The molecule has 3 aromatic rings. The number of amides is 2. The van der Waals surface area contributed by atoms with Gasteiger partial charge in [0.15, 0.2) is 11.6 Å². The molecule has 0 aliphatic rings. The van der Waals surface area contributed by atoms with Crippen LogP contribution in [0, 0.1) is 5.82 Å². The monoisotopic (exact) mass is 394 g/mol. The number of carbonyl (C=O) groups is 1. The Kier molecular flexibility index (Phi) is 5.06. The molecule has 0 saturated heterocycles. The normalized spacial score (nSPS) is 10.6. The number of hydrogen-bond donors (Lipinski definition) is 3. The maximum Gasteiger partial charge on any atom is 0.323 e. The van der Waals surface area contributed by atoms with E-state index in [0.29, 0.717) is 15.8 Å². The van der Waals surface area contributed by atoms with Crippen molar-refractivity contribution in [1.82, 2.24) is 0 Å². The van der Waals surface area contributed by atoms with E-state index in [1.54, 1.807) is 6.07 Å². The average Bonchev–Trinajstić information content (AvgIpc) is 2.58. The molecule has 0 aromatic heterocycles. The van der Waals surface area contributed by atoms with Gasteiger partial charge in [0, 0.05) is 22.5 Å². The molecule has 0 aliphatic heterocycles. The van der Waals surface area contributed by atoms with Crippen molar-refractivity contribution < 1.29 is 19.0 Å². The SMILES string of the molecule is COc1ccc(NC(=O)Nc2c(Cl)cc(Cl)c3ccc(O)cc23)cc1F. The van der Waals surface area contributed by atoms with Crippen LogP contribution in [0.2, 0.25) is 10.0 Å². The lowest BCUT2D eigenvalue weighted by Gasteiger charge is -2.13. The zero-order valence-corrected chi connectivity index (χ0v) is 15.0. The smallest absolute Gasteiger partial charge is 0.323 e. The van der Waals surface area contributed by atoms with Crippen molar-refractivity contribution in [2.45, 2.75) is 0 Å². The number of phenolic OH excluding ortho intramolecular Hbond substituents is 1. The van der Waals surface area contributed by atoms with Gasteiger partial charge in [-0.15, -0.1) is 0 Å². The van der Waals surface area contributed by atoms with E-state index in [0.717, 1.165) is 6.07 Å². The van der Waals surface area contributed by atoms with E-state index in [9.17, 15) is 14.3 Å². The average molecular weight is 395 g/mol. The number of urea groups is 1. The molecule has 5 nitrogen and oxygen atoms in total. The lowest BCUT2D eigenvalue weighted by molar-refractivity contribution is 0.262. The summed E-state index contributed by atoms with van der Waals surface area (Å²) in [5.41, 5.74) is 0.506. The Morgan fingerprint density at radius 2 is 1.81 bits per heavy atom. The molecule has 2 amide bonds. The number of benzene rings is 3. The van der Waals surface area contributed by atoms with Crippen molar-refractivity contribution in [3.8, 4) is 11.5 Å². The molecule has 8 heteroatoms. The van der Waals surface area contributed by atoms with Gasteiger partial charge in [-0.25, -0.2) is 9.18 Å². The molecule has 26 heavy (non-hydrogen) atoms. The van der Waals surface area contributed by atoms with Crippen LogP contribution < -0.4 is 15.4 Å². The number of nitrogens with one attached hydrogen (secondary N) is 2. The third-order valence-electron chi connectivity index (χ3n) is 3.67. The first kappa shape index (κ1) is 18.1. The van der Waals surface area contributed by atoms with Crippen molar-refractivity contribution in [1.29, 1.82) is 0 Å². The fraction of sp³-hybridized carbons (Fsp3) is 0.0556. The minimum atomic E-state index is -0.636. The Morgan fingerprint density at radius 1 is 1.04 bits per heavy atom. The largest absolute Gasteiger partial charge is 0.508 e. The van der Waals surface area contributed by atoms with Gasteiger partial charge in [-0.2, -0.15) is 0 Å². The molecule has 0 bridgehead atoms. The molecule has 134 valence electrons. The molecule has 3 aromatic carbocycles. The van der Waals surface area contributed by atoms with E-state index >= 15 is 0 Å². The summed E-state index contributed by atoms with van der Waals surface area (Å²) in [6.45, 7) is 0.